The Morgan fingerprint density at radius 3 is 1.29 bits per heavy atom. The zero-order chi connectivity index (χ0) is 48.2. The maximum atomic E-state index is 13.8. The van der Waals surface area contributed by atoms with E-state index >= 15 is 0 Å². The van der Waals surface area contributed by atoms with Crippen LogP contribution in [0.15, 0.2) is 60.9 Å². The van der Waals surface area contributed by atoms with Crippen LogP contribution in [0, 0.1) is 0 Å². The number of carbonyl (C=O) groups is 10. The van der Waals surface area contributed by atoms with E-state index < -0.39 is 134 Å². The molecule has 0 unspecified atom stereocenters. The highest BCUT2D eigenvalue weighted by Gasteiger charge is 2.38. The Kier molecular flexibility index (Phi) is 16.4. The number of fused-ring (bicyclic) bond motifs is 8. The van der Waals surface area contributed by atoms with Crippen molar-refractivity contribution in [2.75, 3.05) is 26.3 Å². The molecule has 0 aliphatic carbocycles. The quantitative estimate of drug-likeness (QED) is 0.0657. The molecule has 16 N–H and O–H groups in total. The number of aromatic nitrogens is 6. The number of nitrogens with one attached hydrogen (secondary N) is 6. The monoisotopic (exact) mass is 916 g/mol. The van der Waals surface area contributed by atoms with E-state index in [1.54, 1.807) is 0 Å². The predicted octanol–water partition coefficient (Wildman–Crippen LogP) is -8.21. The fraction of sp³-hybridized carbons (Fsp3) is 0.316. The molecule has 1 aliphatic heterocycles. The first-order chi connectivity index (χ1) is 31.5. The highest BCUT2D eigenvalue weighted by molar-refractivity contribution is 6.16. The first kappa shape index (κ1) is 49.0. The number of nitrogens with two attached hydrogens (primary N) is 4. The normalized spacial score (nSPS) is 19.9. The van der Waals surface area contributed by atoms with Gasteiger partial charge in [-0.3, -0.25) is 47.9 Å². The smallest absolute Gasteiger partial charge is 0.254 e. The molecule has 0 saturated carbocycles. The predicted molar refractivity (Wildman–Crippen MR) is 221 cm³/mol. The maximum absolute atomic E-state index is 13.8. The van der Waals surface area contributed by atoms with Crippen molar-refractivity contribution in [1.29, 1.82) is 0 Å². The van der Waals surface area contributed by atoms with Gasteiger partial charge in [0, 0.05) is 0 Å². The number of ketones is 4. The first-order valence-electron chi connectivity index (χ1n) is 19.6. The molecule has 4 aromatic rings. The van der Waals surface area contributed by atoms with Crippen LogP contribution in [0.1, 0.15) is 32.1 Å². The minimum atomic E-state index is -2.15. The van der Waals surface area contributed by atoms with E-state index in [4.69, 9.17) is 22.9 Å². The van der Waals surface area contributed by atoms with Gasteiger partial charge in [0.05, 0.1) is 86.4 Å². The molecular formula is C38H44N16O12. The summed E-state index contributed by atoms with van der Waals surface area (Å²) in [5.74, 6) is -11.8. The van der Waals surface area contributed by atoms with Gasteiger partial charge in [0.15, 0.2) is 47.3 Å². The number of amides is 6. The molecule has 3 heterocycles. The molecule has 0 fully saturated rings. The first-order valence-corrected chi connectivity index (χ1v) is 19.6. The van der Waals surface area contributed by atoms with Crippen molar-refractivity contribution >= 4 is 58.6 Å². The van der Waals surface area contributed by atoms with Crippen LogP contribution in [0.3, 0.4) is 0 Å². The summed E-state index contributed by atoms with van der Waals surface area (Å²) in [5, 5.41) is 48.4. The average Bonchev–Trinajstić information content (AvgIpc) is 4.02. The van der Waals surface area contributed by atoms with Gasteiger partial charge < -0.3 is 65.0 Å². The van der Waals surface area contributed by atoms with Crippen LogP contribution >= 0.6 is 0 Å². The second-order valence-electron chi connectivity index (χ2n) is 14.2. The molecule has 2 aromatic heterocycles. The summed E-state index contributed by atoms with van der Waals surface area (Å²) in [6, 6.07) is -0.788. The Hall–Kier alpha value is -8.02. The van der Waals surface area contributed by atoms with Gasteiger partial charge in [0.1, 0.15) is 11.4 Å². The van der Waals surface area contributed by atoms with E-state index in [1.165, 1.54) is 60.9 Å². The number of hydrogen-bond acceptors (Lipinski definition) is 20. The minimum Gasteiger partial charge on any atom is -0.394 e. The minimum absolute atomic E-state index is 0.000365. The van der Waals surface area contributed by atoms with Crippen molar-refractivity contribution in [3.63, 3.8) is 0 Å². The Bertz CT molecular complexity index is 2370. The SMILES string of the molecule is NCC(=O)[C@@H]1NC(=O)c2ccccc2-n2cc(nn2)CNC(=O)[C@H](C(=O)[C@@H](N)CO)NC(=O)[C@H](C(=O)CN)NC(=O)c2ccccc2-n2cc(nn2)CNC(=O)[C@H](C(=O)[C@@H](N)CO)NC1=O. The number of carbonyl (C=O) groups excluding carboxylic acids is 10. The van der Waals surface area contributed by atoms with Crippen molar-refractivity contribution in [2.24, 2.45) is 22.9 Å². The molecular weight excluding hydrogens is 873 g/mol. The fourth-order valence-electron chi connectivity index (χ4n) is 6.11. The number of rotatable bonds is 10. The third-order valence-electron chi connectivity index (χ3n) is 9.67. The van der Waals surface area contributed by atoms with Gasteiger partial charge in [-0.15, -0.1) is 10.2 Å². The summed E-state index contributed by atoms with van der Waals surface area (Å²) in [7, 11) is 0. The molecule has 6 atom stereocenters. The van der Waals surface area contributed by atoms with Crippen molar-refractivity contribution in [3.8, 4) is 11.4 Å². The molecule has 2 aromatic carbocycles. The molecule has 28 nitrogen and oxygen atoms in total. The van der Waals surface area contributed by atoms with Crippen LogP contribution < -0.4 is 54.8 Å². The number of nitrogens with zero attached hydrogens (tertiary/aromatic N) is 6. The van der Waals surface area contributed by atoms with Crippen LogP contribution in [-0.4, -0.2) is 161 Å². The molecule has 0 saturated heterocycles. The van der Waals surface area contributed by atoms with Crippen molar-refractivity contribution in [1.82, 2.24) is 61.9 Å². The van der Waals surface area contributed by atoms with E-state index in [9.17, 15) is 58.2 Å². The highest BCUT2D eigenvalue weighted by atomic mass is 16.3. The third kappa shape index (κ3) is 11.4. The number of benzene rings is 2. The second-order valence-corrected chi connectivity index (χ2v) is 14.2. The molecule has 1 aliphatic rings. The van der Waals surface area contributed by atoms with Gasteiger partial charge in [-0.05, 0) is 24.3 Å². The molecule has 6 amide bonds. The second kappa shape index (κ2) is 22.1. The van der Waals surface area contributed by atoms with Gasteiger partial charge in [-0.1, -0.05) is 34.7 Å². The average molecular weight is 917 g/mol. The van der Waals surface area contributed by atoms with Gasteiger partial charge in [-0.25, -0.2) is 9.36 Å². The third-order valence-corrected chi connectivity index (χ3v) is 9.67. The molecule has 66 heavy (non-hydrogen) atoms. The molecule has 5 rings (SSSR count). The summed E-state index contributed by atoms with van der Waals surface area (Å²) in [6.07, 6.45) is 2.46. The Balaban J connectivity index is 1.57. The lowest BCUT2D eigenvalue weighted by molar-refractivity contribution is -0.139. The van der Waals surface area contributed by atoms with Gasteiger partial charge in [0.25, 0.3) is 35.4 Å². The van der Waals surface area contributed by atoms with Crippen LogP contribution in [0.2, 0.25) is 0 Å². The lowest BCUT2D eigenvalue weighted by Gasteiger charge is -2.23. The Morgan fingerprint density at radius 1 is 0.576 bits per heavy atom. The molecule has 0 radical (unpaired) electrons. The molecule has 4 bridgehead atoms. The lowest BCUT2D eigenvalue weighted by atomic mass is 10.0. The molecule has 28 heteroatoms. The number of aliphatic hydroxyl groups excluding tert-OH is 2. The van der Waals surface area contributed by atoms with E-state index in [-0.39, 0.29) is 33.9 Å². The number of Topliss-reactive ketones (excluding diaryl/α,β-unsaturated/α-hetero) is 4. The molecule has 348 valence electrons. The standard InChI is InChI=1S/C38H44N16O12/c39-9-25(57)27-37(65)47-29(31(59)21(41)15-55)35(63)44-12-18-14-54(52-50-18)24-8-4-2-6-20(24)34(62)46-28(26(58)10-40)38(66)48-30(32(60)22(42)16-56)36(64)43-11-17-13-53(51-49-17)23-7-3-1-5-19(23)33(61)45-27/h1-8,13-14,21-22,27-30,55-56H,9-12,15-16,39-42H2,(H,43,64)(H,44,63)(H,45,61)(H,46,62)(H,47,65)(H,48,66)/t21-,22-,27-,28-,29-,30-/m0/s1. The van der Waals surface area contributed by atoms with Crippen LogP contribution in [0.4, 0.5) is 0 Å². The highest BCUT2D eigenvalue weighted by Crippen LogP contribution is 2.16. The number of hydrogen-bond donors (Lipinski definition) is 12. The largest absolute Gasteiger partial charge is 0.394 e. The Labute approximate surface area is 371 Å². The van der Waals surface area contributed by atoms with Crippen LogP contribution in [0.25, 0.3) is 11.4 Å². The zero-order valence-corrected chi connectivity index (χ0v) is 34.4. The zero-order valence-electron chi connectivity index (χ0n) is 34.4. The summed E-state index contributed by atoms with van der Waals surface area (Å²) in [4.78, 5) is 135. The summed E-state index contributed by atoms with van der Waals surface area (Å²) in [6.45, 7) is -4.50. The van der Waals surface area contributed by atoms with Gasteiger partial charge in [-0.2, -0.15) is 0 Å². The van der Waals surface area contributed by atoms with Crippen molar-refractivity contribution < 1.29 is 58.2 Å². The number of aliphatic hydroxyl groups is 2. The van der Waals surface area contributed by atoms with E-state index in [2.05, 4.69) is 52.5 Å². The van der Waals surface area contributed by atoms with E-state index in [0.29, 0.717) is 0 Å². The van der Waals surface area contributed by atoms with Crippen molar-refractivity contribution in [2.45, 2.75) is 49.3 Å². The molecule has 0 spiro atoms. The summed E-state index contributed by atoms with van der Waals surface area (Å²) in [5.41, 5.74) is 22.1. The topological polar surface area (TPSA) is 449 Å². The fourth-order valence-corrected chi connectivity index (χ4v) is 6.11. The van der Waals surface area contributed by atoms with Crippen LogP contribution in [0.5, 0.6) is 0 Å². The van der Waals surface area contributed by atoms with E-state index in [0.717, 1.165) is 9.36 Å². The summed E-state index contributed by atoms with van der Waals surface area (Å²) >= 11 is 0. The maximum Gasteiger partial charge on any atom is 0.254 e. The number of para-hydroxylation sites is 2. The summed E-state index contributed by atoms with van der Waals surface area (Å²) < 4.78 is 2.13. The lowest BCUT2D eigenvalue weighted by Crippen LogP contribution is -2.61. The Morgan fingerprint density at radius 2 is 0.939 bits per heavy atom. The van der Waals surface area contributed by atoms with Gasteiger partial charge >= 0.3 is 0 Å². The van der Waals surface area contributed by atoms with E-state index in [1.807, 2.05) is 0 Å². The van der Waals surface area contributed by atoms with Crippen molar-refractivity contribution in [3.05, 3.63) is 83.4 Å². The van der Waals surface area contributed by atoms with Crippen LogP contribution in [-0.2, 0) is 51.4 Å². The van der Waals surface area contributed by atoms with Gasteiger partial charge in [0.2, 0.25) is 0 Å².